The SMILES string of the molecule is NCCc1ccc(NS(=O)(=O)c2ccc(-c3nc(-c4ccc(C(F)(F)F)cc4)cs3)cc2)cc1. The Kier molecular flexibility index (Phi) is 6.74. The Balaban J connectivity index is 1.49. The molecule has 0 saturated carbocycles. The third kappa shape index (κ3) is 5.46. The lowest BCUT2D eigenvalue weighted by Gasteiger charge is -2.09. The van der Waals surface area contributed by atoms with E-state index in [4.69, 9.17) is 5.73 Å². The minimum atomic E-state index is -4.39. The molecular formula is C24H20F3N3O2S2. The number of halogens is 3. The van der Waals surface area contributed by atoms with E-state index in [9.17, 15) is 21.6 Å². The summed E-state index contributed by atoms with van der Waals surface area (Å²) < 4.78 is 66.3. The maximum absolute atomic E-state index is 12.8. The van der Waals surface area contributed by atoms with Crippen molar-refractivity contribution in [3.63, 3.8) is 0 Å². The van der Waals surface area contributed by atoms with Crippen LogP contribution in [0.3, 0.4) is 0 Å². The summed E-state index contributed by atoms with van der Waals surface area (Å²) in [5.41, 5.74) is 8.10. The monoisotopic (exact) mass is 503 g/mol. The van der Waals surface area contributed by atoms with Crippen LogP contribution in [0, 0.1) is 0 Å². The van der Waals surface area contributed by atoms with Crippen LogP contribution in [0.5, 0.6) is 0 Å². The van der Waals surface area contributed by atoms with Crippen molar-refractivity contribution in [2.75, 3.05) is 11.3 Å². The van der Waals surface area contributed by atoms with E-state index in [0.29, 0.717) is 40.5 Å². The van der Waals surface area contributed by atoms with E-state index in [1.165, 1.54) is 35.6 Å². The standard InChI is InChI=1S/C24H20F3N3O2S2/c25-24(26,27)19-7-3-17(4-8-19)22-15-33-23(29-22)18-5-11-21(12-6-18)34(31,32)30-20-9-1-16(2-10-20)13-14-28/h1-12,15,30H,13-14,28H2. The Morgan fingerprint density at radius 2 is 1.50 bits per heavy atom. The molecule has 3 N–H and O–H groups in total. The van der Waals surface area contributed by atoms with Crippen LogP contribution in [0.4, 0.5) is 18.9 Å². The van der Waals surface area contributed by atoms with E-state index in [-0.39, 0.29) is 4.90 Å². The van der Waals surface area contributed by atoms with E-state index in [1.807, 2.05) is 12.1 Å². The van der Waals surface area contributed by atoms with Crippen LogP contribution in [0.1, 0.15) is 11.1 Å². The van der Waals surface area contributed by atoms with Crippen molar-refractivity contribution in [3.8, 4) is 21.8 Å². The Labute approximate surface area is 199 Å². The lowest BCUT2D eigenvalue weighted by molar-refractivity contribution is -0.137. The molecule has 0 fully saturated rings. The van der Waals surface area contributed by atoms with Crippen molar-refractivity contribution in [1.29, 1.82) is 0 Å². The Morgan fingerprint density at radius 1 is 0.882 bits per heavy atom. The van der Waals surface area contributed by atoms with Gasteiger partial charge in [-0.25, -0.2) is 13.4 Å². The van der Waals surface area contributed by atoms with E-state index < -0.39 is 21.8 Å². The molecular weight excluding hydrogens is 483 g/mol. The highest BCUT2D eigenvalue weighted by atomic mass is 32.2. The van der Waals surface area contributed by atoms with Crippen LogP contribution in [0.25, 0.3) is 21.8 Å². The van der Waals surface area contributed by atoms with E-state index in [0.717, 1.165) is 17.7 Å². The van der Waals surface area contributed by atoms with Crippen LogP contribution in [-0.2, 0) is 22.6 Å². The van der Waals surface area contributed by atoms with Gasteiger partial charge in [0.1, 0.15) is 5.01 Å². The fourth-order valence-corrected chi connectivity index (χ4v) is 5.16. The second-order valence-electron chi connectivity index (χ2n) is 7.48. The van der Waals surface area contributed by atoms with Gasteiger partial charge in [-0.3, -0.25) is 4.72 Å². The zero-order valence-electron chi connectivity index (χ0n) is 17.7. The van der Waals surface area contributed by atoms with Crippen molar-refractivity contribution in [2.24, 2.45) is 5.73 Å². The number of aromatic nitrogens is 1. The van der Waals surface area contributed by atoms with Gasteiger partial charge in [0.05, 0.1) is 16.2 Å². The third-order valence-electron chi connectivity index (χ3n) is 5.06. The summed E-state index contributed by atoms with van der Waals surface area (Å²) in [4.78, 5) is 4.59. The van der Waals surface area contributed by atoms with Gasteiger partial charge in [-0.15, -0.1) is 11.3 Å². The molecule has 0 aliphatic rings. The summed E-state index contributed by atoms with van der Waals surface area (Å²) in [7, 11) is -3.77. The fourth-order valence-electron chi connectivity index (χ4n) is 3.27. The molecule has 176 valence electrons. The zero-order chi connectivity index (χ0) is 24.3. The highest BCUT2D eigenvalue weighted by Crippen LogP contribution is 2.33. The van der Waals surface area contributed by atoms with Gasteiger partial charge >= 0.3 is 6.18 Å². The van der Waals surface area contributed by atoms with Gasteiger partial charge in [0, 0.05) is 22.2 Å². The maximum Gasteiger partial charge on any atom is 0.416 e. The number of hydrogen-bond acceptors (Lipinski definition) is 5. The second-order valence-corrected chi connectivity index (χ2v) is 10.0. The molecule has 0 unspecified atom stereocenters. The number of thiazole rings is 1. The van der Waals surface area contributed by atoms with Gasteiger partial charge in [0.25, 0.3) is 10.0 Å². The summed E-state index contributed by atoms with van der Waals surface area (Å²) in [6, 6.07) is 18.1. The summed E-state index contributed by atoms with van der Waals surface area (Å²) >= 11 is 1.32. The smallest absolute Gasteiger partial charge is 0.330 e. The first-order chi connectivity index (χ1) is 16.2. The first kappa shape index (κ1) is 23.9. The number of benzene rings is 3. The van der Waals surface area contributed by atoms with Crippen LogP contribution in [0.15, 0.2) is 83.1 Å². The van der Waals surface area contributed by atoms with E-state index in [2.05, 4.69) is 9.71 Å². The average molecular weight is 504 g/mol. The number of nitrogens with zero attached hydrogens (tertiary/aromatic N) is 1. The van der Waals surface area contributed by atoms with Gasteiger partial charge in [-0.1, -0.05) is 36.4 Å². The van der Waals surface area contributed by atoms with E-state index >= 15 is 0 Å². The molecule has 1 aromatic heterocycles. The number of sulfonamides is 1. The average Bonchev–Trinajstić information content (AvgIpc) is 3.30. The normalized spacial score (nSPS) is 12.0. The summed E-state index contributed by atoms with van der Waals surface area (Å²) in [5.74, 6) is 0. The molecule has 0 radical (unpaired) electrons. The predicted molar refractivity (Wildman–Crippen MR) is 128 cm³/mol. The van der Waals surface area contributed by atoms with E-state index in [1.54, 1.807) is 29.6 Å². The van der Waals surface area contributed by atoms with Gasteiger partial charge in [0.15, 0.2) is 0 Å². The highest BCUT2D eigenvalue weighted by Gasteiger charge is 2.30. The third-order valence-corrected chi connectivity index (χ3v) is 7.35. The molecule has 0 atom stereocenters. The summed E-state index contributed by atoms with van der Waals surface area (Å²) in [6.45, 7) is 0.516. The molecule has 34 heavy (non-hydrogen) atoms. The van der Waals surface area contributed by atoms with Gasteiger partial charge < -0.3 is 5.73 Å². The number of anilines is 1. The van der Waals surface area contributed by atoms with Crippen molar-refractivity contribution >= 4 is 27.0 Å². The van der Waals surface area contributed by atoms with Crippen LogP contribution in [0.2, 0.25) is 0 Å². The van der Waals surface area contributed by atoms with Crippen molar-refractivity contribution < 1.29 is 21.6 Å². The summed E-state index contributed by atoms with van der Waals surface area (Å²) in [5, 5.41) is 2.38. The van der Waals surface area contributed by atoms with Gasteiger partial charge in [-0.2, -0.15) is 13.2 Å². The molecule has 0 saturated heterocycles. The fraction of sp³-hybridized carbons (Fsp3) is 0.125. The molecule has 0 amide bonds. The van der Waals surface area contributed by atoms with Crippen LogP contribution < -0.4 is 10.5 Å². The van der Waals surface area contributed by atoms with Crippen molar-refractivity contribution in [3.05, 3.63) is 89.3 Å². The molecule has 4 rings (SSSR count). The molecule has 5 nitrogen and oxygen atoms in total. The molecule has 4 aromatic rings. The van der Waals surface area contributed by atoms with Crippen molar-refractivity contribution in [2.45, 2.75) is 17.5 Å². The summed E-state index contributed by atoms with van der Waals surface area (Å²) in [6.07, 6.45) is -3.68. The Hall–Kier alpha value is -3.21. The largest absolute Gasteiger partial charge is 0.416 e. The Bertz CT molecular complexity index is 1360. The Morgan fingerprint density at radius 3 is 2.09 bits per heavy atom. The quantitative estimate of drug-likeness (QED) is 0.334. The highest BCUT2D eigenvalue weighted by molar-refractivity contribution is 7.92. The minimum absolute atomic E-state index is 0.0989. The first-order valence-corrected chi connectivity index (χ1v) is 12.6. The lowest BCUT2D eigenvalue weighted by atomic mass is 10.1. The van der Waals surface area contributed by atoms with Gasteiger partial charge in [0.2, 0.25) is 0 Å². The molecule has 10 heteroatoms. The molecule has 1 heterocycles. The number of rotatable bonds is 7. The molecule has 0 bridgehead atoms. The lowest BCUT2D eigenvalue weighted by Crippen LogP contribution is -2.13. The number of hydrogen-bond donors (Lipinski definition) is 2. The molecule has 0 aliphatic heterocycles. The zero-order valence-corrected chi connectivity index (χ0v) is 19.3. The number of alkyl halides is 3. The number of nitrogens with one attached hydrogen (secondary N) is 1. The van der Waals surface area contributed by atoms with Crippen LogP contribution in [-0.4, -0.2) is 19.9 Å². The topological polar surface area (TPSA) is 85.1 Å². The van der Waals surface area contributed by atoms with Gasteiger partial charge in [-0.05, 0) is 54.9 Å². The minimum Gasteiger partial charge on any atom is -0.330 e. The number of nitrogens with two attached hydrogens (primary N) is 1. The molecule has 3 aromatic carbocycles. The molecule has 0 aliphatic carbocycles. The first-order valence-electron chi connectivity index (χ1n) is 10.2. The second kappa shape index (κ2) is 9.57. The maximum atomic E-state index is 12.8. The van der Waals surface area contributed by atoms with Crippen molar-refractivity contribution in [1.82, 2.24) is 4.98 Å². The predicted octanol–water partition coefficient (Wildman–Crippen LogP) is 5.80. The van der Waals surface area contributed by atoms with Crippen LogP contribution >= 0.6 is 11.3 Å². The molecule has 0 spiro atoms.